The van der Waals surface area contributed by atoms with Gasteiger partial charge in [-0.25, -0.2) is 4.68 Å². The largest absolute Gasteiger partial charge is 0.611 e. The van der Waals surface area contributed by atoms with Gasteiger partial charge in [-0.3, -0.25) is 9.78 Å². The Labute approximate surface area is 166 Å². The minimum Gasteiger partial charge on any atom is -0.611 e. The molecule has 0 fully saturated rings. The van der Waals surface area contributed by atoms with E-state index in [2.05, 4.69) is 10.1 Å². The van der Waals surface area contributed by atoms with Gasteiger partial charge in [-0.1, -0.05) is 29.8 Å². The van der Waals surface area contributed by atoms with Crippen molar-refractivity contribution in [3.63, 3.8) is 0 Å². The van der Waals surface area contributed by atoms with E-state index in [0.29, 0.717) is 10.6 Å². The molecule has 27 heavy (non-hydrogen) atoms. The van der Waals surface area contributed by atoms with Crippen molar-refractivity contribution >= 4 is 34.4 Å². The molecule has 0 N–H and O–H groups in total. The molecule has 0 saturated heterocycles. The lowest BCUT2D eigenvalue weighted by Crippen LogP contribution is -2.35. The molecular formula is C19H19ClN4O2S. The van der Waals surface area contributed by atoms with Crippen LogP contribution < -0.4 is 4.90 Å². The Bertz CT molecular complexity index is 905. The van der Waals surface area contributed by atoms with Crippen molar-refractivity contribution in [2.45, 2.75) is 11.8 Å². The van der Waals surface area contributed by atoms with Gasteiger partial charge in [0.2, 0.25) is 5.91 Å². The third kappa shape index (κ3) is 4.50. The topological polar surface area (TPSA) is 74.1 Å². The van der Waals surface area contributed by atoms with Gasteiger partial charge in [0, 0.05) is 13.2 Å². The Morgan fingerprint density at radius 2 is 2.04 bits per heavy atom. The van der Waals surface area contributed by atoms with Crippen LogP contribution in [0.3, 0.4) is 0 Å². The smallest absolute Gasteiger partial charge is 0.234 e. The van der Waals surface area contributed by atoms with Gasteiger partial charge in [0.1, 0.15) is 11.4 Å². The molecule has 0 bridgehead atoms. The molecular weight excluding hydrogens is 384 g/mol. The van der Waals surface area contributed by atoms with Crippen molar-refractivity contribution in [2.24, 2.45) is 5.92 Å². The van der Waals surface area contributed by atoms with Gasteiger partial charge in [0.05, 0.1) is 24.0 Å². The maximum absolute atomic E-state index is 12.8. The normalized spacial score (nSPS) is 13.2. The molecule has 140 valence electrons. The minimum absolute atomic E-state index is 0.174. The average molecular weight is 403 g/mol. The van der Waals surface area contributed by atoms with Crippen molar-refractivity contribution in [1.82, 2.24) is 14.8 Å². The molecule has 2 unspecified atom stereocenters. The summed E-state index contributed by atoms with van der Waals surface area (Å²) in [5, 5.41) is 4.45. The van der Waals surface area contributed by atoms with E-state index >= 15 is 0 Å². The molecule has 1 amide bonds. The van der Waals surface area contributed by atoms with Crippen LogP contribution in [0, 0.1) is 5.92 Å². The fourth-order valence-electron chi connectivity index (χ4n) is 2.61. The van der Waals surface area contributed by atoms with Gasteiger partial charge in [-0.05, 0) is 42.4 Å². The molecule has 0 aliphatic carbocycles. The fourth-order valence-corrected chi connectivity index (χ4v) is 4.11. The Balaban J connectivity index is 1.72. The molecule has 6 nitrogen and oxygen atoms in total. The molecule has 2 atom stereocenters. The highest BCUT2D eigenvalue weighted by atomic mass is 35.5. The van der Waals surface area contributed by atoms with E-state index in [0.717, 1.165) is 5.69 Å². The first-order chi connectivity index (χ1) is 13.0. The summed E-state index contributed by atoms with van der Waals surface area (Å²) < 4.78 is 14.0. The number of carbonyl (C=O) groups excluding carboxylic acids is 1. The molecule has 3 aromatic rings. The lowest BCUT2D eigenvalue weighted by atomic mass is 10.2. The van der Waals surface area contributed by atoms with Crippen molar-refractivity contribution < 1.29 is 9.35 Å². The summed E-state index contributed by atoms with van der Waals surface area (Å²) >= 11 is 4.99. The lowest BCUT2D eigenvalue weighted by molar-refractivity contribution is -0.121. The Morgan fingerprint density at radius 3 is 2.70 bits per heavy atom. The predicted octanol–water partition coefficient (Wildman–Crippen LogP) is 3.33. The highest BCUT2D eigenvalue weighted by molar-refractivity contribution is 7.91. The summed E-state index contributed by atoms with van der Waals surface area (Å²) in [5.74, 6) is -0.373. The van der Waals surface area contributed by atoms with E-state index in [1.165, 1.54) is 4.90 Å². The van der Waals surface area contributed by atoms with Crippen LogP contribution in [0.4, 0.5) is 5.69 Å². The minimum atomic E-state index is -1.25. The zero-order valence-corrected chi connectivity index (χ0v) is 16.5. The number of anilines is 1. The van der Waals surface area contributed by atoms with Crippen LogP contribution in [0.2, 0.25) is 5.15 Å². The highest BCUT2D eigenvalue weighted by Crippen LogP contribution is 2.26. The predicted molar refractivity (Wildman–Crippen MR) is 107 cm³/mol. The first-order valence-electron chi connectivity index (χ1n) is 8.34. The first-order valence-corrected chi connectivity index (χ1v) is 10.0. The number of pyridine rings is 1. The average Bonchev–Trinajstić information content (AvgIpc) is 3.09. The maximum Gasteiger partial charge on any atom is 0.234 e. The van der Waals surface area contributed by atoms with Gasteiger partial charge < -0.3 is 9.45 Å². The summed E-state index contributed by atoms with van der Waals surface area (Å²) in [5.41, 5.74) is 1.23. The van der Waals surface area contributed by atoms with Gasteiger partial charge in [0.15, 0.2) is 10.0 Å². The number of rotatable bonds is 6. The Morgan fingerprint density at radius 1 is 1.30 bits per heavy atom. The fraction of sp³-hybridized carbons (Fsp3) is 0.211. The molecule has 0 aliphatic rings. The lowest BCUT2D eigenvalue weighted by Gasteiger charge is -2.21. The molecule has 0 radical (unpaired) electrons. The van der Waals surface area contributed by atoms with Crippen molar-refractivity contribution in [3.05, 3.63) is 66.2 Å². The number of nitrogens with zero attached hydrogens (tertiary/aromatic N) is 4. The summed E-state index contributed by atoms with van der Waals surface area (Å²) in [6.07, 6.45) is 5.00. The second-order valence-corrected chi connectivity index (χ2v) is 7.94. The quantitative estimate of drug-likeness (QED) is 0.593. The molecule has 2 aromatic heterocycles. The summed E-state index contributed by atoms with van der Waals surface area (Å²) in [6, 6.07) is 12.8. The number of halogens is 1. The number of benzene rings is 1. The number of amides is 1. The van der Waals surface area contributed by atoms with Crippen molar-refractivity contribution in [2.75, 3.05) is 17.7 Å². The monoisotopic (exact) mass is 402 g/mol. The third-order valence-electron chi connectivity index (χ3n) is 4.08. The Hall–Kier alpha value is -2.35. The zero-order valence-electron chi connectivity index (χ0n) is 14.9. The molecule has 0 aliphatic heterocycles. The van der Waals surface area contributed by atoms with Gasteiger partial charge in [-0.15, -0.1) is 0 Å². The van der Waals surface area contributed by atoms with E-state index in [-0.39, 0.29) is 16.8 Å². The van der Waals surface area contributed by atoms with Crippen LogP contribution in [0.25, 0.3) is 5.69 Å². The highest BCUT2D eigenvalue weighted by Gasteiger charge is 2.27. The number of hydrogen-bond donors (Lipinski definition) is 0. The summed E-state index contributed by atoms with van der Waals surface area (Å²) in [7, 11) is 1.64. The third-order valence-corrected chi connectivity index (χ3v) is 5.95. The molecule has 1 aromatic carbocycles. The Kier molecular flexibility index (Phi) is 6.15. The number of carbonyl (C=O) groups is 1. The number of hydrogen-bond acceptors (Lipinski definition) is 4. The molecule has 0 saturated carbocycles. The van der Waals surface area contributed by atoms with Crippen LogP contribution in [0.15, 0.2) is 66.0 Å². The second kappa shape index (κ2) is 8.56. The summed E-state index contributed by atoms with van der Waals surface area (Å²) in [4.78, 5) is 19.0. The van der Waals surface area contributed by atoms with Gasteiger partial charge in [-0.2, -0.15) is 5.10 Å². The molecule has 2 heterocycles. The van der Waals surface area contributed by atoms with E-state index in [1.807, 2.05) is 24.3 Å². The summed E-state index contributed by atoms with van der Waals surface area (Å²) in [6.45, 7) is 1.76. The van der Waals surface area contributed by atoms with E-state index in [1.54, 1.807) is 55.4 Å². The van der Waals surface area contributed by atoms with Gasteiger partial charge in [0.25, 0.3) is 0 Å². The van der Waals surface area contributed by atoms with Crippen LogP contribution in [-0.4, -0.2) is 38.0 Å². The standard InChI is InChI=1S/C19H19ClN4O2S/c1-14(13-27(26)16-8-4-3-5-9-16)19(25)23(2)17-12-24(22-18(17)20)15-7-6-10-21-11-15/h3-12,14H,13H2,1-2H3. The van der Waals surface area contributed by atoms with Crippen LogP contribution >= 0.6 is 11.6 Å². The maximum atomic E-state index is 12.8. The van der Waals surface area contributed by atoms with Crippen molar-refractivity contribution in [1.29, 1.82) is 0 Å². The molecule has 3 rings (SSSR count). The van der Waals surface area contributed by atoms with Gasteiger partial charge >= 0.3 is 0 Å². The van der Waals surface area contributed by atoms with Crippen LogP contribution in [-0.2, 0) is 16.0 Å². The zero-order chi connectivity index (χ0) is 19.4. The van der Waals surface area contributed by atoms with E-state index in [4.69, 9.17) is 11.6 Å². The first kappa shape index (κ1) is 19.4. The molecule has 0 spiro atoms. The van der Waals surface area contributed by atoms with E-state index in [9.17, 15) is 9.35 Å². The second-order valence-electron chi connectivity index (χ2n) is 6.08. The van der Waals surface area contributed by atoms with Crippen molar-refractivity contribution in [3.8, 4) is 5.69 Å². The molecule has 8 heteroatoms. The van der Waals surface area contributed by atoms with E-state index < -0.39 is 17.1 Å². The van der Waals surface area contributed by atoms with Crippen LogP contribution in [0.5, 0.6) is 0 Å². The number of aromatic nitrogens is 3. The SMILES string of the molecule is CC(C[S+]([O-])c1ccccc1)C(=O)N(C)c1cn(-c2cccnc2)nc1Cl. The van der Waals surface area contributed by atoms with Crippen LogP contribution in [0.1, 0.15) is 6.92 Å².